The monoisotopic (exact) mass is 409 g/mol. The number of hydrogen-bond acceptors (Lipinski definition) is 5. The molecule has 0 radical (unpaired) electrons. The Kier molecular flexibility index (Phi) is 6.79. The van der Waals surface area contributed by atoms with Crippen molar-refractivity contribution >= 4 is 35.1 Å². The summed E-state index contributed by atoms with van der Waals surface area (Å²) in [4.78, 5) is 47.2. The van der Waals surface area contributed by atoms with E-state index in [1.54, 1.807) is 48.5 Å². The van der Waals surface area contributed by atoms with Crippen LogP contribution in [0, 0.1) is 5.92 Å². The molecule has 156 valence electrons. The topological polar surface area (TPSA) is 114 Å². The van der Waals surface area contributed by atoms with E-state index in [2.05, 4.69) is 20.7 Å². The first-order valence-corrected chi connectivity index (χ1v) is 9.59. The summed E-state index contributed by atoms with van der Waals surface area (Å²) in [6.45, 7) is -0.177. The number of anilines is 2. The molecule has 0 spiro atoms. The molecule has 1 aliphatic carbocycles. The molecule has 0 aromatic heterocycles. The molecule has 0 heterocycles. The normalized spacial score (nSPS) is 12.6. The van der Waals surface area contributed by atoms with E-state index in [9.17, 15) is 19.2 Å². The molecule has 30 heavy (non-hydrogen) atoms. The molecule has 8 heteroatoms. The van der Waals surface area contributed by atoms with Gasteiger partial charge in [0.25, 0.3) is 5.91 Å². The largest absolute Gasteiger partial charge is 0.468 e. The van der Waals surface area contributed by atoms with Crippen molar-refractivity contribution in [1.29, 1.82) is 0 Å². The summed E-state index contributed by atoms with van der Waals surface area (Å²) in [5.74, 6) is -1.05. The van der Waals surface area contributed by atoms with Crippen molar-refractivity contribution in [2.45, 2.75) is 19.3 Å². The zero-order valence-corrected chi connectivity index (χ0v) is 16.6. The molecule has 0 unspecified atom stereocenters. The molecule has 0 aliphatic heterocycles. The van der Waals surface area contributed by atoms with Crippen molar-refractivity contribution in [3.63, 3.8) is 0 Å². The van der Waals surface area contributed by atoms with Crippen LogP contribution in [0.2, 0.25) is 0 Å². The highest BCUT2D eigenvalue weighted by Gasteiger charge is 2.29. The van der Waals surface area contributed by atoms with E-state index in [-0.39, 0.29) is 36.6 Å². The number of methoxy groups -OCH3 is 1. The van der Waals surface area contributed by atoms with Crippen molar-refractivity contribution in [3.05, 3.63) is 59.7 Å². The maximum Gasteiger partial charge on any atom is 0.325 e. The summed E-state index contributed by atoms with van der Waals surface area (Å²) >= 11 is 0. The smallest absolute Gasteiger partial charge is 0.325 e. The molecular formula is C22H23N3O5. The van der Waals surface area contributed by atoms with E-state index >= 15 is 0 Å². The molecule has 1 fully saturated rings. The van der Waals surface area contributed by atoms with E-state index in [1.165, 1.54) is 7.11 Å². The summed E-state index contributed by atoms with van der Waals surface area (Å²) in [5, 5.41) is 8.08. The zero-order chi connectivity index (χ0) is 21.5. The zero-order valence-electron chi connectivity index (χ0n) is 16.6. The Hall–Kier alpha value is -3.68. The van der Waals surface area contributed by atoms with Gasteiger partial charge in [-0.2, -0.15) is 0 Å². The van der Waals surface area contributed by atoms with E-state index in [4.69, 9.17) is 0 Å². The molecule has 2 aromatic carbocycles. The van der Waals surface area contributed by atoms with Gasteiger partial charge in [0.1, 0.15) is 6.54 Å². The minimum absolute atomic E-state index is 0.0150. The lowest BCUT2D eigenvalue weighted by Gasteiger charge is -2.09. The number of carbonyl (C=O) groups is 4. The molecule has 8 nitrogen and oxygen atoms in total. The van der Waals surface area contributed by atoms with Crippen LogP contribution < -0.4 is 16.0 Å². The Bertz CT molecular complexity index is 952. The van der Waals surface area contributed by atoms with Crippen molar-refractivity contribution in [2.24, 2.45) is 5.92 Å². The summed E-state index contributed by atoms with van der Waals surface area (Å²) in [7, 11) is 1.25. The predicted molar refractivity (Wildman–Crippen MR) is 111 cm³/mol. The van der Waals surface area contributed by atoms with Gasteiger partial charge in [0.05, 0.1) is 13.5 Å². The van der Waals surface area contributed by atoms with E-state index in [1.807, 2.05) is 0 Å². The Morgan fingerprint density at radius 1 is 0.967 bits per heavy atom. The van der Waals surface area contributed by atoms with Gasteiger partial charge in [-0.3, -0.25) is 19.2 Å². The van der Waals surface area contributed by atoms with Crippen LogP contribution in [0.1, 0.15) is 28.8 Å². The van der Waals surface area contributed by atoms with Crippen LogP contribution in [0.15, 0.2) is 48.5 Å². The van der Waals surface area contributed by atoms with Crippen molar-refractivity contribution in [1.82, 2.24) is 5.32 Å². The molecular weight excluding hydrogens is 386 g/mol. The van der Waals surface area contributed by atoms with Crippen LogP contribution in [0.3, 0.4) is 0 Å². The molecule has 3 rings (SSSR count). The van der Waals surface area contributed by atoms with Gasteiger partial charge in [0.15, 0.2) is 0 Å². The molecule has 2 aromatic rings. The van der Waals surface area contributed by atoms with Crippen LogP contribution in [-0.4, -0.2) is 37.3 Å². The first-order valence-electron chi connectivity index (χ1n) is 9.59. The van der Waals surface area contributed by atoms with E-state index < -0.39 is 5.97 Å². The Balaban J connectivity index is 1.53. The van der Waals surface area contributed by atoms with Crippen molar-refractivity contribution < 1.29 is 23.9 Å². The fraction of sp³-hybridized carbons (Fsp3) is 0.273. The second kappa shape index (κ2) is 9.69. The minimum atomic E-state index is -0.516. The number of rotatable bonds is 8. The summed E-state index contributed by atoms with van der Waals surface area (Å²) < 4.78 is 4.46. The van der Waals surface area contributed by atoms with Gasteiger partial charge < -0.3 is 20.7 Å². The number of benzene rings is 2. The minimum Gasteiger partial charge on any atom is -0.468 e. The molecule has 3 N–H and O–H groups in total. The summed E-state index contributed by atoms with van der Waals surface area (Å²) in [6.07, 6.45) is 1.93. The SMILES string of the molecule is COC(=O)CNC(=O)Cc1ccc(NC(=O)c2cccc(NC(=O)C3CC3)c2)cc1. The Labute approximate surface area is 174 Å². The number of ether oxygens (including phenoxy) is 1. The average molecular weight is 409 g/mol. The second-order valence-electron chi connectivity index (χ2n) is 7.03. The molecule has 3 amide bonds. The number of carbonyl (C=O) groups excluding carboxylic acids is 4. The van der Waals surface area contributed by atoms with E-state index in [0.717, 1.165) is 18.4 Å². The van der Waals surface area contributed by atoms with Gasteiger partial charge in [-0.1, -0.05) is 18.2 Å². The fourth-order valence-electron chi connectivity index (χ4n) is 2.73. The van der Waals surface area contributed by atoms with Gasteiger partial charge in [-0.25, -0.2) is 0 Å². The first kappa shape index (κ1) is 21.0. The fourth-order valence-corrected chi connectivity index (χ4v) is 2.73. The predicted octanol–water partition coefficient (Wildman–Crippen LogP) is 2.12. The lowest BCUT2D eigenvalue weighted by atomic mass is 10.1. The third kappa shape index (κ3) is 6.16. The van der Waals surface area contributed by atoms with Crippen LogP contribution >= 0.6 is 0 Å². The molecule has 0 saturated heterocycles. The van der Waals surface area contributed by atoms with Crippen molar-refractivity contribution in [3.8, 4) is 0 Å². The number of amides is 3. The van der Waals surface area contributed by atoms with Crippen LogP contribution in [0.25, 0.3) is 0 Å². The summed E-state index contributed by atoms with van der Waals surface area (Å²) in [6, 6.07) is 13.6. The van der Waals surface area contributed by atoms with Crippen molar-refractivity contribution in [2.75, 3.05) is 24.3 Å². The lowest BCUT2D eigenvalue weighted by molar-refractivity contribution is -0.141. The molecule has 1 aliphatic rings. The number of esters is 1. The summed E-state index contributed by atoms with van der Waals surface area (Å²) in [5.41, 5.74) is 2.33. The Morgan fingerprint density at radius 2 is 1.70 bits per heavy atom. The lowest BCUT2D eigenvalue weighted by Crippen LogP contribution is -2.31. The van der Waals surface area contributed by atoms with Gasteiger partial charge in [-0.15, -0.1) is 0 Å². The van der Waals surface area contributed by atoms with Crippen LogP contribution in [0.5, 0.6) is 0 Å². The Morgan fingerprint density at radius 3 is 2.37 bits per heavy atom. The quantitative estimate of drug-likeness (QED) is 0.578. The third-order valence-corrected chi connectivity index (χ3v) is 4.57. The number of nitrogens with one attached hydrogen (secondary N) is 3. The highest BCUT2D eigenvalue weighted by Crippen LogP contribution is 2.30. The van der Waals surface area contributed by atoms with Crippen LogP contribution in [0.4, 0.5) is 11.4 Å². The van der Waals surface area contributed by atoms with E-state index in [0.29, 0.717) is 16.9 Å². The highest BCUT2D eigenvalue weighted by molar-refractivity contribution is 6.05. The van der Waals surface area contributed by atoms with Crippen LogP contribution in [-0.2, 0) is 25.5 Å². The average Bonchev–Trinajstić information content (AvgIpc) is 3.59. The standard InChI is InChI=1S/C22H23N3O5/c1-30-20(27)13-23-19(26)11-14-5-9-17(10-6-14)24-22(29)16-3-2-4-18(12-16)25-21(28)15-7-8-15/h2-6,9-10,12,15H,7-8,11,13H2,1H3,(H,23,26)(H,24,29)(H,25,28). The maximum atomic E-state index is 12.5. The molecule has 0 atom stereocenters. The third-order valence-electron chi connectivity index (χ3n) is 4.57. The van der Waals surface area contributed by atoms with Gasteiger partial charge in [0.2, 0.25) is 11.8 Å². The second-order valence-corrected chi connectivity index (χ2v) is 7.03. The highest BCUT2D eigenvalue weighted by atomic mass is 16.5. The van der Waals surface area contributed by atoms with Gasteiger partial charge in [0, 0.05) is 22.9 Å². The number of hydrogen-bond donors (Lipinski definition) is 3. The van der Waals surface area contributed by atoms with Gasteiger partial charge >= 0.3 is 5.97 Å². The van der Waals surface area contributed by atoms with Gasteiger partial charge in [-0.05, 0) is 48.7 Å². The maximum absolute atomic E-state index is 12.5. The molecule has 1 saturated carbocycles. The molecule has 0 bridgehead atoms. The first-order chi connectivity index (χ1) is 14.4.